The van der Waals surface area contributed by atoms with E-state index in [2.05, 4.69) is 39.9 Å². The van der Waals surface area contributed by atoms with Crippen molar-refractivity contribution in [2.75, 3.05) is 26.3 Å². The third-order valence-electron chi connectivity index (χ3n) is 5.14. The molecule has 0 aromatic heterocycles. The number of hydrogen-bond donors (Lipinski definition) is 1. The third kappa shape index (κ3) is 5.62. The van der Waals surface area contributed by atoms with Gasteiger partial charge in [0.1, 0.15) is 0 Å². The molecule has 4 nitrogen and oxygen atoms in total. The first-order chi connectivity index (χ1) is 13.0. The highest BCUT2D eigenvalue weighted by Gasteiger charge is 2.31. The highest BCUT2D eigenvalue weighted by molar-refractivity contribution is 9.10. The number of nitrogens with zero attached hydrogens (tertiary/aromatic N) is 1. The molecule has 1 aliphatic heterocycles. The van der Waals surface area contributed by atoms with Crippen molar-refractivity contribution in [3.05, 3.63) is 70.2 Å². The summed E-state index contributed by atoms with van der Waals surface area (Å²) >= 11 is 3.48. The van der Waals surface area contributed by atoms with Crippen molar-refractivity contribution >= 4 is 15.9 Å². The van der Waals surface area contributed by atoms with Crippen molar-refractivity contribution in [3.63, 3.8) is 0 Å². The van der Waals surface area contributed by atoms with Crippen LogP contribution < -0.4 is 0 Å². The molecule has 27 heavy (non-hydrogen) atoms. The van der Waals surface area contributed by atoms with Crippen LogP contribution in [0.2, 0.25) is 0 Å². The molecule has 2 aromatic rings. The second-order valence-electron chi connectivity index (χ2n) is 7.12. The smallest absolute Gasteiger partial charge is 0.0977 e. The van der Waals surface area contributed by atoms with Crippen molar-refractivity contribution < 1.29 is 14.6 Å². The normalized spacial score (nSPS) is 23.1. The van der Waals surface area contributed by atoms with Crippen LogP contribution in [0, 0.1) is 0 Å². The van der Waals surface area contributed by atoms with E-state index in [1.807, 2.05) is 49.4 Å². The summed E-state index contributed by atoms with van der Waals surface area (Å²) in [7, 11) is 0. The van der Waals surface area contributed by atoms with Crippen LogP contribution in [0.15, 0.2) is 59.1 Å². The van der Waals surface area contributed by atoms with Crippen LogP contribution in [0.1, 0.15) is 37.2 Å². The molecule has 1 saturated heterocycles. The van der Waals surface area contributed by atoms with Gasteiger partial charge in [0.2, 0.25) is 0 Å². The summed E-state index contributed by atoms with van der Waals surface area (Å²) in [5.41, 5.74) is 2.29. The van der Waals surface area contributed by atoms with Gasteiger partial charge < -0.3 is 14.6 Å². The van der Waals surface area contributed by atoms with Crippen LogP contribution in [0.25, 0.3) is 0 Å². The van der Waals surface area contributed by atoms with Gasteiger partial charge in [0.25, 0.3) is 0 Å². The van der Waals surface area contributed by atoms with Crippen molar-refractivity contribution in [1.82, 2.24) is 4.90 Å². The number of aliphatic hydroxyl groups is 1. The number of aliphatic hydroxyl groups excluding tert-OH is 1. The lowest BCUT2D eigenvalue weighted by molar-refractivity contribution is -0.0880. The van der Waals surface area contributed by atoms with Gasteiger partial charge in [-0.05, 0) is 37.1 Å². The van der Waals surface area contributed by atoms with Crippen LogP contribution in [0.3, 0.4) is 0 Å². The first-order valence-corrected chi connectivity index (χ1v) is 10.3. The molecule has 1 N–H and O–H groups in total. The molecule has 1 aliphatic rings. The van der Waals surface area contributed by atoms with E-state index in [1.165, 1.54) is 5.56 Å². The molecule has 146 valence electrons. The van der Waals surface area contributed by atoms with Crippen LogP contribution in [-0.2, 0) is 9.47 Å². The van der Waals surface area contributed by atoms with Crippen molar-refractivity contribution in [2.24, 2.45) is 0 Å². The maximum atomic E-state index is 10.5. The van der Waals surface area contributed by atoms with E-state index in [0.29, 0.717) is 19.8 Å². The minimum atomic E-state index is -0.526. The minimum Gasteiger partial charge on any atom is -0.389 e. The molecule has 0 saturated carbocycles. The largest absolute Gasteiger partial charge is 0.389 e. The average molecular weight is 434 g/mol. The molecule has 2 aromatic carbocycles. The van der Waals surface area contributed by atoms with Crippen LogP contribution >= 0.6 is 15.9 Å². The summed E-state index contributed by atoms with van der Waals surface area (Å²) in [5, 5.41) is 10.5. The standard InChI is InChI=1S/C22H28BrNO3/c1-16-22(19-8-10-20(23)11-9-19)26-13-12-24(16)14-21(25)15-27-17(2)18-6-4-3-5-7-18/h3-11,16-17,21-22,25H,12-15H2,1-2H3. The summed E-state index contributed by atoms with van der Waals surface area (Å²) < 4.78 is 13.0. The summed E-state index contributed by atoms with van der Waals surface area (Å²) in [5.74, 6) is 0. The van der Waals surface area contributed by atoms with E-state index in [9.17, 15) is 5.11 Å². The molecule has 1 fully saturated rings. The molecule has 0 aliphatic carbocycles. The van der Waals surface area contributed by atoms with Gasteiger partial charge in [-0.3, -0.25) is 4.90 Å². The van der Waals surface area contributed by atoms with Gasteiger partial charge in [-0.15, -0.1) is 0 Å². The van der Waals surface area contributed by atoms with Gasteiger partial charge in [0.05, 0.1) is 31.5 Å². The molecule has 0 radical (unpaired) electrons. The first-order valence-electron chi connectivity index (χ1n) is 9.50. The van der Waals surface area contributed by atoms with Gasteiger partial charge in [0.15, 0.2) is 0 Å². The Balaban J connectivity index is 1.52. The monoisotopic (exact) mass is 433 g/mol. The number of β-amino-alcohol motifs (C(OH)–C–C–N with tert-alkyl or cyclic N) is 1. The summed E-state index contributed by atoms with van der Waals surface area (Å²) in [6.45, 7) is 6.57. The highest BCUT2D eigenvalue weighted by atomic mass is 79.9. The number of ether oxygens (including phenoxy) is 2. The lowest BCUT2D eigenvalue weighted by atomic mass is 10.0. The van der Waals surface area contributed by atoms with E-state index in [1.54, 1.807) is 0 Å². The Morgan fingerprint density at radius 1 is 1.19 bits per heavy atom. The first kappa shape index (κ1) is 20.5. The molecule has 3 rings (SSSR count). The van der Waals surface area contributed by atoms with E-state index in [0.717, 1.165) is 16.6 Å². The lowest BCUT2D eigenvalue weighted by Crippen LogP contribution is -2.49. The Morgan fingerprint density at radius 3 is 2.59 bits per heavy atom. The Labute approximate surface area is 170 Å². The fourth-order valence-electron chi connectivity index (χ4n) is 3.52. The maximum absolute atomic E-state index is 10.5. The second-order valence-corrected chi connectivity index (χ2v) is 8.03. The summed E-state index contributed by atoms with van der Waals surface area (Å²) in [4.78, 5) is 2.29. The van der Waals surface area contributed by atoms with Gasteiger partial charge in [-0.1, -0.05) is 58.4 Å². The number of hydrogen-bond acceptors (Lipinski definition) is 4. The number of benzene rings is 2. The van der Waals surface area contributed by atoms with Crippen molar-refractivity contribution in [1.29, 1.82) is 0 Å². The Morgan fingerprint density at radius 2 is 1.89 bits per heavy atom. The lowest BCUT2D eigenvalue weighted by Gasteiger charge is -2.40. The minimum absolute atomic E-state index is 0.0169. The topological polar surface area (TPSA) is 41.9 Å². The molecule has 0 bridgehead atoms. The van der Waals surface area contributed by atoms with E-state index >= 15 is 0 Å². The van der Waals surface area contributed by atoms with E-state index < -0.39 is 6.10 Å². The van der Waals surface area contributed by atoms with Crippen LogP contribution in [-0.4, -0.2) is 48.5 Å². The van der Waals surface area contributed by atoms with E-state index in [4.69, 9.17) is 9.47 Å². The third-order valence-corrected chi connectivity index (χ3v) is 5.67. The van der Waals surface area contributed by atoms with Crippen molar-refractivity contribution in [3.8, 4) is 0 Å². The SMILES string of the molecule is CC(OCC(O)CN1CCOC(c2ccc(Br)cc2)C1C)c1ccccc1. The maximum Gasteiger partial charge on any atom is 0.0977 e. The average Bonchev–Trinajstić information content (AvgIpc) is 2.69. The van der Waals surface area contributed by atoms with Crippen LogP contribution in [0.5, 0.6) is 0 Å². The Hall–Kier alpha value is -1.24. The molecular formula is C22H28BrNO3. The number of morpholine rings is 1. The van der Waals surface area contributed by atoms with Gasteiger partial charge in [-0.25, -0.2) is 0 Å². The summed E-state index contributed by atoms with van der Waals surface area (Å²) in [6, 6.07) is 18.6. The highest BCUT2D eigenvalue weighted by Crippen LogP contribution is 2.29. The zero-order valence-corrected chi connectivity index (χ0v) is 17.5. The molecule has 5 heteroatoms. The quantitative estimate of drug-likeness (QED) is 0.704. The molecule has 1 heterocycles. The molecule has 0 spiro atoms. The fourth-order valence-corrected chi connectivity index (χ4v) is 3.78. The predicted molar refractivity (Wildman–Crippen MR) is 111 cm³/mol. The summed E-state index contributed by atoms with van der Waals surface area (Å²) in [6.07, 6.45) is -0.538. The molecule has 4 atom stereocenters. The molecule has 0 amide bonds. The van der Waals surface area contributed by atoms with Gasteiger partial charge in [-0.2, -0.15) is 0 Å². The predicted octanol–water partition coefficient (Wildman–Crippen LogP) is 4.35. The van der Waals surface area contributed by atoms with E-state index in [-0.39, 0.29) is 18.2 Å². The zero-order valence-electron chi connectivity index (χ0n) is 15.9. The Bertz CT molecular complexity index is 694. The molecular weight excluding hydrogens is 406 g/mol. The van der Waals surface area contributed by atoms with Crippen molar-refractivity contribution in [2.45, 2.75) is 38.2 Å². The number of halogens is 1. The Kier molecular flexibility index (Phi) is 7.44. The fraction of sp³-hybridized carbons (Fsp3) is 0.455. The zero-order chi connectivity index (χ0) is 19.2. The van der Waals surface area contributed by atoms with Gasteiger partial charge in [0, 0.05) is 23.6 Å². The van der Waals surface area contributed by atoms with Crippen LogP contribution in [0.4, 0.5) is 0 Å². The second kappa shape index (κ2) is 9.80. The van der Waals surface area contributed by atoms with Gasteiger partial charge >= 0.3 is 0 Å². The molecule has 4 unspecified atom stereocenters. The number of rotatable bonds is 7.